The predicted molar refractivity (Wildman–Crippen MR) is 205 cm³/mol. The fourth-order valence-corrected chi connectivity index (χ4v) is 11.2. The van der Waals surface area contributed by atoms with Crippen molar-refractivity contribution in [3.05, 3.63) is 115 Å². The number of amides is 3. The van der Waals surface area contributed by atoms with Crippen LogP contribution in [0.25, 0.3) is 0 Å². The van der Waals surface area contributed by atoms with Crippen molar-refractivity contribution < 1.29 is 24.2 Å². The van der Waals surface area contributed by atoms with Crippen molar-refractivity contribution in [2.45, 2.75) is 68.5 Å². The van der Waals surface area contributed by atoms with Crippen LogP contribution >= 0.6 is 11.8 Å². The number of likely N-dealkylation sites (tertiary alicyclic amines) is 1. The summed E-state index contributed by atoms with van der Waals surface area (Å²) in [7, 11) is 0. The number of nitrogens with zero attached hydrogens (tertiary/aromatic N) is 3. The molecule has 1 spiro atoms. The standard InChI is InChI=1S/C42H49N3O5S/c1-7-24-43(31-18-20-33(21-19-31)50-9-3)38(47)34-35-39(48)45(32(27-46)26-30-16-11-10-12-17-30)37(42(35)23-22-41(34,6)51-42)40(49)44(25-8-2)36-28(4)14-13-15-29(36)5/h7-8,10-21,32,34-35,37,46H,1-2,9,22-27H2,3-6H3/t32-,34-,35+,37?,41+,42?/m1/s1. The summed E-state index contributed by atoms with van der Waals surface area (Å²) in [5, 5.41) is 11.0. The van der Waals surface area contributed by atoms with Crippen LogP contribution in [-0.4, -0.2) is 75.6 Å². The van der Waals surface area contributed by atoms with Gasteiger partial charge in [-0.3, -0.25) is 14.4 Å². The number of para-hydroxylation sites is 1. The molecule has 3 amide bonds. The smallest absolute Gasteiger partial charge is 0.251 e. The van der Waals surface area contributed by atoms with Gasteiger partial charge in [-0.1, -0.05) is 60.7 Å². The Morgan fingerprint density at radius 1 is 0.961 bits per heavy atom. The second kappa shape index (κ2) is 14.7. The van der Waals surface area contributed by atoms with Gasteiger partial charge >= 0.3 is 0 Å². The van der Waals surface area contributed by atoms with E-state index in [1.807, 2.05) is 93.6 Å². The zero-order valence-corrected chi connectivity index (χ0v) is 30.9. The van der Waals surface area contributed by atoms with Crippen LogP contribution < -0.4 is 14.5 Å². The van der Waals surface area contributed by atoms with Gasteiger partial charge in [-0.05, 0) is 87.9 Å². The van der Waals surface area contributed by atoms with Gasteiger partial charge in [-0.15, -0.1) is 24.9 Å². The number of hydrogen-bond donors (Lipinski definition) is 1. The minimum absolute atomic E-state index is 0.164. The summed E-state index contributed by atoms with van der Waals surface area (Å²) in [5.74, 6) is -1.37. The van der Waals surface area contributed by atoms with Gasteiger partial charge in [-0.25, -0.2) is 0 Å². The molecule has 3 saturated heterocycles. The zero-order chi connectivity index (χ0) is 36.5. The second-order valence-corrected chi connectivity index (χ2v) is 16.0. The molecule has 2 unspecified atom stereocenters. The molecule has 8 nitrogen and oxygen atoms in total. The van der Waals surface area contributed by atoms with E-state index >= 15 is 9.59 Å². The third-order valence-corrected chi connectivity index (χ3v) is 12.9. The number of aliphatic hydroxyl groups is 1. The highest BCUT2D eigenvalue weighted by molar-refractivity contribution is 8.02. The monoisotopic (exact) mass is 707 g/mol. The summed E-state index contributed by atoms with van der Waals surface area (Å²) in [4.78, 5) is 50.7. The van der Waals surface area contributed by atoms with Gasteiger partial charge in [0.2, 0.25) is 11.8 Å². The van der Waals surface area contributed by atoms with Gasteiger partial charge in [0.25, 0.3) is 5.91 Å². The van der Waals surface area contributed by atoms with Crippen LogP contribution in [0.3, 0.4) is 0 Å². The lowest BCUT2D eigenvalue weighted by Gasteiger charge is -2.40. The van der Waals surface area contributed by atoms with E-state index in [0.717, 1.165) is 22.4 Å². The number of aryl methyl sites for hydroxylation is 2. The Morgan fingerprint density at radius 2 is 1.61 bits per heavy atom. The highest BCUT2D eigenvalue weighted by Gasteiger charge is 2.78. The second-order valence-electron chi connectivity index (χ2n) is 14.1. The normalized spacial score (nSPS) is 25.3. The van der Waals surface area contributed by atoms with E-state index in [1.54, 1.807) is 38.6 Å². The Morgan fingerprint density at radius 3 is 2.22 bits per heavy atom. The molecule has 3 fully saturated rings. The van der Waals surface area contributed by atoms with E-state index in [4.69, 9.17) is 4.74 Å². The van der Waals surface area contributed by atoms with Crippen molar-refractivity contribution in [2.24, 2.45) is 11.8 Å². The number of benzene rings is 3. The van der Waals surface area contributed by atoms with Crippen molar-refractivity contribution >= 4 is 40.9 Å². The third-order valence-electron chi connectivity index (χ3n) is 11.0. The maximum atomic E-state index is 15.4. The quantitative estimate of drug-likeness (QED) is 0.192. The molecule has 0 aliphatic carbocycles. The average Bonchev–Trinajstić information content (AvgIpc) is 3.70. The van der Waals surface area contributed by atoms with Crippen LogP contribution in [-0.2, 0) is 20.8 Å². The number of thioether (sulfide) groups is 1. The molecule has 3 heterocycles. The molecule has 3 aliphatic rings. The fourth-order valence-electron chi connectivity index (χ4n) is 8.86. The predicted octanol–water partition coefficient (Wildman–Crippen LogP) is 6.53. The number of hydrogen-bond acceptors (Lipinski definition) is 6. The van der Waals surface area contributed by atoms with Gasteiger partial charge in [0.15, 0.2) is 0 Å². The first-order chi connectivity index (χ1) is 24.5. The average molecular weight is 708 g/mol. The van der Waals surface area contributed by atoms with E-state index < -0.39 is 33.4 Å². The Bertz CT molecular complexity index is 1780. The molecular weight excluding hydrogens is 659 g/mol. The summed E-state index contributed by atoms with van der Waals surface area (Å²) in [6, 6.07) is 21.5. The Kier molecular flexibility index (Phi) is 10.5. The summed E-state index contributed by atoms with van der Waals surface area (Å²) in [5.41, 5.74) is 4.32. The molecule has 3 aromatic carbocycles. The molecule has 51 heavy (non-hydrogen) atoms. The van der Waals surface area contributed by atoms with E-state index in [1.165, 1.54) is 0 Å². The lowest BCUT2D eigenvalue weighted by atomic mass is 9.66. The van der Waals surface area contributed by atoms with Crippen LogP contribution in [0.1, 0.15) is 43.4 Å². The molecule has 6 rings (SSSR count). The number of carbonyl (C=O) groups excluding carboxylic acids is 3. The number of fused-ring (bicyclic) bond motifs is 1. The molecule has 0 aromatic heterocycles. The lowest BCUT2D eigenvalue weighted by Crippen LogP contribution is -2.58. The molecule has 3 aliphatic heterocycles. The fraction of sp³-hybridized carbons (Fsp3) is 0.405. The van der Waals surface area contributed by atoms with Crippen molar-refractivity contribution in [3.8, 4) is 5.75 Å². The molecule has 0 saturated carbocycles. The summed E-state index contributed by atoms with van der Waals surface area (Å²) in [6.45, 7) is 16.6. The van der Waals surface area contributed by atoms with Crippen LogP contribution in [0.4, 0.5) is 11.4 Å². The molecule has 3 aromatic rings. The van der Waals surface area contributed by atoms with E-state index in [0.29, 0.717) is 37.3 Å². The van der Waals surface area contributed by atoms with Gasteiger partial charge < -0.3 is 24.5 Å². The number of anilines is 2. The zero-order valence-electron chi connectivity index (χ0n) is 30.1. The SMILES string of the molecule is C=CCN(C(=O)[C@H]1[C@H]2C(=O)N([C@@H](CO)Cc3ccccc3)C(C(=O)N(CC=C)c3c(C)cccc3C)C23CC[C@]1(C)S3)c1ccc(OCC)cc1. The first kappa shape index (κ1) is 36.5. The summed E-state index contributed by atoms with van der Waals surface area (Å²) >= 11 is 1.63. The Hall–Kier alpha value is -4.34. The first-order valence-corrected chi connectivity index (χ1v) is 18.7. The third kappa shape index (κ3) is 6.29. The van der Waals surface area contributed by atoms with Crippen molar-refractivity contribution in [1.82, 2.24) is 4.90 Å². The largest absolute Gasteiger partial charge is 0.494 e. The molecule has 1 N–H and O–H groups in total. The number of rotatable bonds is 14. The van der Waals surface area contributed by atoms with Crippen LogP contribution in [0.5, 0.6) is 5.75 Å². The lowest BCUT2D eigenvalue weighted by molar-refractivity contribution is -0.142. The van der Waals surface area contributed by atoms with Gasteiger partial charge in [0.05, 0.1) is 35.8 Å². The molecule has 268 valence electrons. The van der Waals surface area contributed by atoms with E-state index in [2.05, 4.69) is 20.1 Å². The van der Waals surface area contributed by atoms with E-state index in [-0.39, 0.29) is 37.4 Å². The maximum absolute atomic E-state index is 15.4. The van der Waals surface area contributed by atoms with Crippen molar-refractivity contribution in [1.29, 1.82) is 0 Å². The van der Waals surface area contributed by atoms with Crippen molar-refractivity contribution in [3.63, 3.8) is 0 Å². The number of carbonyl (C=O) groups is 3. The first-order valence-electron chi connectivity index (χ1n) is 17.9. The Balaban J connectivity index is 1.47. The number of aliphatic hydroxyl groups excluding tert-OH is 1. The molecular formula is C42H49N3O5S. The maximum Gasteiger partial charge on any atom is 0.251 e. The minimum Gasteiger partial charge on any atom is -0.494 e. The molecule has 2 bridgehead atoms. The van der Waals surface area contributed by atoms with Crippen molar-refractivity contribution in [2.75, 3.05) is 36.1 Å². The van der Waals surface area contributed by atoms with Gasteiger partial charge in [0.1, 0.15) is 11.8 Å². The topological polar surface area (TPSA) is 90.4 Å². The van der Waals surface area contributed by atoms with E-state index in [9.17, 15) is 9.90 Å². The molecule has 0 radical (unpaired) electrons. The van der Waals surface area contributed by atoms with Gasteiger partial charge in [-0.2, -0.15) is 0 Å². The van der Waals surface area contributed by atoms with Crippen LogP contribution in [0, 0.1) is 25.7 Å². The molecule has 9 heteroatoms. The summed E-state index contributed by atoms with van der Waals surface area (Å²) < 4.78 is 4.20. The summed E-state index contributed by atoms with van der Waals surface area (Å²) in [6.07, 6.45) is 5.05. The van der Waals surface area contributed by atoms with Crippen LogP contribution in [0.15, 0.2) is 98.1 Å². The van der Waals surface area contributed by atoms with Gasteiger partial charge in [0, 0.05) is 29.2 Å². The number of ether oxygens (including phenoxy) is 1. The molecule has 6 atom stereocenters. The highest BCUT2D eigenvalue weighted by atomic mass is 32.2. The Labute approximate surface area is 306 Å². The minimum atomic E-state index is -0.905. The highest BCUT2D eigenvalue weighted by Crippen LogP contribution is 2.72. The van der Waals surface area contributed by atoms with Crippen LogP contribution in [0.2, 0.25) is 0 Å².